The van der Waals surface area contributed by atoms with Gasteiger partial charge < -0.3 is 15.0 Å². The number of nitrogens with zero attached hydrogens (tertiary/aromatic N) is 5. The highest BCUT2D eigenvalue weighted by Crippen LogP contribution is 2.38. The molecule has 2 aromatic heterocycles. The summed E-state index contributed by atoms with van der Waals surface area (Å²) in [6.45, 7) is 5.01. The number of methoxy groups -OCH3 is 1. The third-order valence-corrected chi connectivity index (χ3v) is 6.82. The number of rotatable bonds is 6. The number of anilines is 1. The lowest BCUT2D eigenvalue weighted by molar-refractivity contribution is 0.0872. The minimum Gasteiger partial charge on any atom is -0.497 e. The Hall–Kier alpha value is -4.01. The SMILES string of the molecule is CCn1cc(C2CCN(c3nccc4cc(OC)cc(C)c34)C(F)[C@@H]2NC(=O)c2ccccc2)nn1. The van der Waals surface area contributed by atoms with Crippen molar-refractivity contribution in [2.24, 2.45) is 0 Å². The monoisotopic (exact) mass is 488 g/mol. The molecule has 8 nitrogen and oxygen atoms in total. The fourth-order valence-corrected chi connectivity index (χ4v) is 4.96. The number of piperidine rings is 1. The summed E-state index contributed by atoms with van der Waals surface area (Å²) in [5, 5.41) is 13.2. The van der Waals surface area contributed by atoms with Crippen molar-refractivity contribution in [1.29, 1.82) is 0 Å². The maximum Gasteiger partial charge on any atom is 0.251 e. The van der Waals surface area contributed by atoms with Crippen LogP contribution in [0.15, 0.2) is 60.9 Å². The Balaban J connectivity index is 1.53. The maximum atomic E-state index is 16.5. The Morgan fingerprint density at radius 2 is 2.03 bits per heavy atom. The highest BCUT2D eigenvalue weighted by Gasteiger charge is 2.42. The lowest BCUT2D eigenvalue weighted by atomic mass is 9.87. The fraction of sp³-hybridized carbons (Fsp3) is 0.333. The van der Waals surface area contributed by atoms with Gasteiger partial charge in [0.05, 0.1) is 18.8 Å². The summed E-state index contributed by atoms with van der Waals surface area (Å²) >= 11 is 0. The molecular weight excluding hydrogens is 459 g/mol. The first-order chi connectivity index (χ1) is 17.5. The number of carbonyl (C=O) groups is 1. The van der Waals surface area contributed by atoms with E-state index in [0.29, 0.717) is 36.6 Å². The Bertz CT molecular complexity index is 1380. The Morgan fingerprint density at radius 1 is 1.22 bits per heavy atom. The molecular formula is C27H29FN6O2. The molecule has 36 heavy (non-hydrogen) atoms. The largest absolute Gasteiger partial charge is 0.497 e. The normalized spacial score (nSPS) is 19.9. The van der Waals surface area contributed by atoms with E-state index in [1.54, 1.807) is 47.2 Å². The Labute approximate surface area is 209 Å². The van der Waals surface area contributed by atoms with Crippen molar-refractivity contribution in [2.75, 3.05) is 18.6 Å². The number of hydrogen-bond donors (Lipinski definition) is 1. The molecule has 0 saturated carbocycles. The van der Waals surface area contributed by atoms with Crippen LogP contribution in [0.1, 0.15) is 40.9 Å². The predicted molar refractivity (Wildman–Crippen MR) is 136 cm³/mol. The van der Waals surface area contributed by atoms with Gasteiger partial charge in [0.15, 0.2) is 6.30 Å². The predicted octanol–water partition coefficient (Wildman–Crippen LogP) is 4.25. The topological polar surface area (TPSA) is 85.2 Å². The van der Waals surface area contributed by atoms with Crippen LogP contribution >= 0.6 is 0 Å². The molecule has 0 spiro atoms. The molecule has 1 amide bonds. The first-order valence-electron chi connectivity index (χ1n) is 12.1. The van der Waals surface area contributed by atoms with Crippen LogP contribution in [0.5, 0.6) is 5.75 Å². The van der Waals surface area contributed by atoms with E-state index in [-0.39, 0.29) is 11.8 Å². The first kappa shape index (κ1) is 23.7. The van der Waals surface area contributed by atoms with Gasteiger partial charge in [-0.05, 0) is 61.5 Å². The standard InChI is InChI=1S/C27H29FN6O2/c1-4-33-16-22(31-32-33)21-11-13-34(25(28)24(21)30-27(35)18-8-6-5-7-9-18)26-23-17(2)14-20(36-3)15-19(23)10-12-29-26/h5-10,12,14-16,21,24-25H,4,11,13H2,1-3H3,(H,30,35)/t21?,24-,25?/m1/s1. The van der Waals surface area contributed by atoms with Crippen LogP contribution < -0.4 is 15.0 Å². The lowest BCUT2D eigenvalue weighted by Crippen LogP contribution is -2.57. The summed E-state index contributed by atoms with van der Waals surface area (Å²) < 4.78 is 23.6. The average molecular weight is 489 g/mol. The maximum absolute atomic E-state index is 16.5. The van der Waals surface area contributed by atoms with Crippen molar-refractivity contribution in [3.63, 3.8) is 0 Å². The number of aromatic nitrogens is 4. The summed E-state index contributed by atoms with van der Waals surface area (Å²) in [5.74, 6) is 0.625. The molecule has 0 aliphatic carbocycles. The molecule has 3 heterocycles. The summed E-state index contributed by atoms with van der Waals surface area (Å²) in [6.07, 6.45) is 2.57. The van der Waals surface area contributed by atoms with E-state index >= 15 is 4.39 Å². The molecule has 9 heteroatoms. The molecule has 5 rings (SSSR count). The van der Waals surface area contributed by atoms with Crippen molar-refractivity contribution in [3.05, 3.63) is 77.7 Å². The summed E-state index contributed by atoms with van der Waals surface area (Å²) in [6, 6.07) is 13.7. The number of hydrogen-bond acceptors (Lipinski definition) is 6. The fourth-order valence-electron chi connectivity index (χ4n) is 4.96. The Morgan fingerprint density at radius 3 is 2.75 bits per heavy atom. The molecule has 0 radical (unpaired) electrons. The smallest absolute Gasteiger partial charge is 0.251 e. The number of alkyl halides is 1. The molecule has 186 valence electrons. The number of fused-ring (bicyclic) bond motifs is 1. The van der Waals surface area contributed by atoms with Gasteiger partial charge in [-0.3, -0.25) is 9.48 Å². The van der Waals surface area contributed by atoms with Crippen molar-refractivity contribution in [1.82, 2.24) is 25.3 Å². The van der Waals surface area contributed by atoms with Gasteiger partial charge in [-0.2, -0.15) is 0 Å². The molecule has 1 aliphatic rings. The zero-order valence-corrected chi connectivity index (χ0v) is 20.6. The van der Waals surface area contributed by atoms with E-state index in [4.69, 9.17) is 4.74 Å². The van der Waals surface area contributed by atoms with Crippen LogP contribution in [-0.4, -0.2) is 51.9 Å². The van der Waals surface area contributed by atoms with Gasteiger partial charge in [0.25, 0.3) is 5.91 Å². The number of nitrogens with one attached hydrogen (secondary N) is 1. The van der Waals surface area contributed by atoms with E-state index in [9.17, 15) is 4.79 Å². The summed E-state index contributed by atoms with van der Waals surface area (Å²) in [4.78, 5) is 19.3. The number of ether oxygens (including phenoxy) is 1. The number of pyridine rings is 1. The lowest BCUT2D eigenvalue weighted by Gasteiger charge is -2.42. The molecule has 2 unspecified atom stereocenters. The van der Waals surface area contributed by atoms with Gasteiger partial charge in [0.2, 0.25) is 0 Å². The van der Waals surface area contributed by atoms with Crippen LogP contribution in [-0.2, 0) is 6.54 Å². The molecule has 1 N–H and O–H groups in total. The molecule has 1 fully saturated rings. The number of carbonyl (C=O) groups excluding carboxylic acids is 1. The van der Waals surface area contributed by atoms with Crippen LogP contribution in [0.2, 0.25) is 0 Å². The first-order valence-corrected chi connectivity index (χ1v) is 12.1. The van der Waals surface area contributed by atoms with E-state index in [1.807, 2.05) is 44.3 Å². The average Bonchev–Trinajstić information content (AvgIpc) is 3.39. The van der Waals surface area contributed by atoms with Crippen LogP contribution in [0.25, 0.3) is 10.8 Å². The highest BCUT2D eigenvalue weighted by molar-refractivity contribution is 5.96. The van der Waals surface area contributed by atoms with Gasteiger partial charge in [-0.15, -0.1) is 5.10 Å². The van der Waals surface area contributed by atoms with Crippen molar-refractivity contribution in [3.8, 4) is 5.75 Å². The van der Waals surface area contributed by atoms with Crippen molar-refractivity contribution in [2.45, 2.75) is 45.1 Å². The molecule has 1 saturated heterocycles. The Kier molecular flexibility index (Phi) is 6.54. The molecule has 1 aliphatic heterocycles. The van der Waals surface area contributed by atoms with Gasteiger partial charge >= 0.3 is 0 Å². The molecule has 3 atom stereocenters. The number of halogens is 1. The van der Waals surface area contributed by atoms with E-state index in [0.717, 1.165) is 22.1 Å². The summed E-state index contributed by atoms with van der Waals surface area (Å²) in [7, 11) is 1.62. The number of benzene rings is 2. The third kappa shape index (κ3) is 4.36. The summed E-state index contributed by atoms with van der Waals surface area (Å²) in [5.41, 5.74) is 2.09. The quantitative estimate of drug-likeness (QED) is 0.409. The number of amides is 1. The van der Waals surface area contributed by atoms with Crippen LogP contribution in [0.3, 0.4) is 0 Å². The zero-order valence-electron chi connectivity index (χ0n) is 20.6. The highest BCUT2D eigenvalue weighted by atomic mass is 19.1. The van der Waals surface area contributed by atoms with E-state index in [2.05, 4.69) is 20.6 Å². The van der Waals surface area contributed by atoms with Crippen molar-refractivity contribution >= 4 is 22.5 Å². The minimum absolute atomic E-state index is 0.329. The van der Waals surface area contributed by atoms with Crippen molar-refractivity contribution < 1.29 is 13.9 Å². The van der Waals surface area contributed by atoms with Gasteiger partial charge in [0.1, 0.15) is 11.6 Å². The molecule has 0 bridgehead atoms. The minimum atomic E-state index is -1.53. The van der Waals surface area contributed by atoms with Gasteiger partial charge in [0, 0.05) is 42.4 Å². The van der Waals surface area contributed by atoms with E-state index < -0.39 is 12.3 Å². The van der Waals surface area contributed by atoms with Crippen LogP contribution in [0, 0.1) is 6.92 Å². The second-order valence-corrected chi connectivity index (χ2v) is 9.00. The van der Waals surface area contributed by atoms with Gasteiger partial charge in [-0.1, -0.05) is 23.4 Å². The molecule has 2 aromatic carbocycles. The zero-order chi connectivity index (χ0) is 25.2. The second kappa shape index (κ2) is 9.93. The third-order valence-electron chi connectivity index (χ3n) is 6.82. The molecule has 4 aromatic rings. The van der Waals surface area contributed by atoms with E-state index in [1.165, 1.54) is 0 Å². The van der Waals surface area contributed by atoms with Crippen LogP contribution in [0.4, 0.5) is 10.2 Å². The second-order valence-electron chi connectivity index (χ2n) is 9.00. The number of aryl methyl sites for hydroxylation is 2. The van der Waals surface area contributed by atoms with Gasteiger partial charge in [-0.25, -0.2) is 9.37 Å².